The zero-order valence-electron chi connectivity index (χ0n) is 23.7. The van der Waals surface area contributed by atoms with Crippen LogP contribution in [0.1, 0.15) is 37.9 Å². The number of fused-ring (bicyclic) bond motifs is 1. The summed E-state index contributed by atoms with van der Waals surface area (Å²) in [6.45, 7) is 3.48. The largest absolute Gasteiger partial charge is 0.462 e. The summed E-state index contributed by atoms with van der Waals surface area (Å²) in [5, 5.41) is 16.0. The number of carbonyl (C=O) groups is 4. The topological polar surface area (TPSA) is 186 Å². The quantitative estimate of drug-likeness (QED) is 0.0744. The molecule has 0 saturated carbocycles. The molecule has 0 aromatic carbocycles. The van der Waals surface area contributed by atoms with E-state index in [1.54, 1.807) is 30.6 Å². The molecule has 0 spiro atoms. The first-order chi connectivity index (χ1) is 20.3. The third-order valence-electron chi connectivity index (χ3n) is 6.60. The van der Waals surface area contributed by atoms with Gasteiger partial charge in [-0.25, -0.2) is 9.78 Å². The number of oxime groups is 1. The van der Waals surface area contributed by atoms with Crippen molar-refractivity contribution in [3.8, 4) is 0 Å². The van der Waals surface area contributed by atoms with Gasteiger partial charge in [0.2, 0.25) is 0 Å². The number of rotatable bonds is 12. The molecule has 2 aliphatic heterocycles. The van der Waals surface area contributed by atoms with E-state index in [9.17, 15) is 24.4 Å². The first kappa shape index (κ1) is 36.5. The average molecular weight is 688 g/mol. The van der Waals surface area contributed by atoms with Gasteiger partial charge in [-0.15, -0.1) is 47.9 Å². The number of nitrogen functional groups attached to an aromatic ring is 1. The number of anilines is 1. The van der Waals surface area contributed by atoms with Crippen LogP contribution in [0.5, 0.6) is 0 Å². The average Bonchev–Trinajstić information content (AvgIpc) is 3.43. The van der Waals surface area contributed by atoms with Gasteiger partial charge in [0.15, 0.2) is 10.8 Å². The summed E-state index contributed by atoms with van der Waals surface area (Å²) in [7, 11) is 0. The minimum atomic E-state index is -0.997. The van der Waals surface area contributed by atoms with Gasteiger partial charge in [-0.05, 0) is 30.0 Å². The molecule has 0 unspecified atom stereocenters. The summed E-state index contributed by atoms with van der Waals surface area (Å²) in [5.74, 6) is -2.38. The number of amides is 2. The highest BCUT2D eigenvalue weighted by atomic mass is 35.5. The van der Waals surface area contributed by atoms with E-state index in [-0.39, 0.29) is 66.4 Å². The SMILES string of the molecule is CCC(CC)C(=O)OCCOC(=O)C1=C(/C=C\c2cccnc2)CS[C@H]2[C@H](NC(=O)C(=NO)c3csc(N)n3)C(=O)N12.Cl.Cl. The Balaban J connectivity index is 0.00000337. The lowest BCUT2D eigenvalue weighted by molar-refractivity contribution is -0.156. The molecule has 2 atom stereocenters. The summed E-state index contributed by atoms with van der Waals surface area (Å²) in [6.07, 6.45) is 8.06. The normalized spacial score (nSPS) is 17.8. The Hall–Kier alpha value is -3.66. The predicted octanol–water partition coefficient (Wildman–Crippen LogP) is 3.03. The number of aromatic nitrogens is 2. The van der Waals surface area contributed by atoms with Crippen molar-refractivity contribution in [2.24, 2.45) is 11.1 Å². The number of nitrogens with zero attached hydrogens (tertiary/aromatic N) is 4. The van der Waals surface area contributed by atoms with Crippen molar-refractivity contribution in [2.45, 2.75) is 38.1 Å². The number of pyridine rings is 1. The van der Waals surface area contributed by atoms with Gasteiger partial charge in [-0.2, -0.15) is 0 Å². The zero-order chi connectivity index (χ0) is 30.2. The summed E-state index contributed by atoms with van der Waals surface area (Å²) >= 11 is 2.41. The molecule has 4 N–H and O–H groups in total. The second kappa shape index (κ2) is 17.0. The van der Waals surface area contributed by atoms with E-state index in [0.29, 0.717) is 24.2 Å². The van der Waals surface area contributed by atoms with E-state index >= 15 is 0 Å². The third kappa shape index (κ3) is 8.28. The lowest BCUT2D eigenvalue weighted by atomic mass is 10.0. The number of hydrogen-bond acceptors (Lipinski definition) is 13. The van der Waals surface area contributed by atoms with Crippen LogP contribution in [0.25, 0.3) is 6.08 Å². The highest BCUT2D eigenvalue weighted by molar-refractivity contribution is 8.00. The fourth-order valence-electron chi connectivity index (χ4n) is 4.34. The first-order valence-corrected chi connectivity index (χ1v) is 15.1. The molecule has 0 bridgehead atoms. The van der Waals surface area contributed by atoms with Crippen LogP contribution in [-0.2, 0) is 28.7 Å². The van der Waals surface area contributed by atoms with Crippen molar-refractivity contribution in [1.82, 2.24) is 20.2 Å². The standard InChI is InChI=1S/C27H30N6O7S2.2ClH/c1-3-16(4-2)25(36)39-10-11-40-26(37)21-17(8-7-15-6-5-9-29-12-15)13-41-24-20(23(35)33(21)24)31-22(34)19(32-38)18-14-42-27(28)30-18;;/h5-9,12,14,16,20,24,38H,3-4,10-11,13H2,1-2H3,(H2,28,30)(H,31,34);2*1H/b8-7-,32-19?;;/t20-,24+;;/m1../s1. The number of β-lactam (4-membered cyclic amide) rings is 1. The van der Waals surface area contributed by atoms with Crippen molar-refractivity contribution in [2.75, 3.05) is 24.7 Å². The van der Waals surface area contributed by atoms with Crippen molar-refractivity contribution in [3.63, 3.8) is 0 Å². The number of nitrogens with two attached hydrogens (primary N) is 1. The fraction of sp³-hybridized carbons (Fsp3) is 0.370. The van der Waals surface area contributed by atoms with Crippen molar-refractivity contribution in [3.05, 3.63) is 58.5 Å². The first-order valence-electron chi connectivity index (χ1n) is 13.1. The molecule has 1 fully saturated rings. The fourth-order valence-corrected chi connectivity index (χ4v) is 6.20. The lowest BCUT2D eigenvalue weighted by Gasteiger charge is -2.49. The highest BCUT2D eigenvalue weighted by Gasteiger charge is 2.54. The minimum absolute atomic E-state index is 0. The maximum absolute atomic E-state index is 13.3. The third-order valence-corrected chi connectivity index (χ3v) is 8.57. The number of allylic oxidation sites excluding steroid dienone is 1. The van der Waals surface area contributed by atoms with Gasteiger partial charge >= 0.3 is 11.9 Å². The molecular formula is C27H32Cl2N6O7S2. The second-order valence-electron chi connectivity index (χ2n) is 9.19. The second-order valence-corrected chi connectivity index (χ2v) is 11.2. The van der Waals surface area contributed by atoms with Gasteiger partial charge in [-0.1, -0.05) is 37.2 Å². The molecule has 2 aromatic rings. The Bertz CT molecular complexity index is 1430. The molecule has 2 aliphatic rings. The van der Waals surface area contributed by atoms with E-state index in [1.807, 2.05) is 19.9 Å². The highest BCUT2D eigenvalue weighted by Crippen LogP contribution is 2.41. The minimum Gasteiger partial charge on any atom is -0.462 e. The van der Waals surface area contributed by atoms with E-state index in [0.717, 1.165) is 16.9 Å². The summed E-state index contributed by atoms with van der Waals surface area (Å²) in [4.78, 5) is 60.9. The Morgan fingerprint density at radius 1 is 1.23 bits per heavy atom. The molecule has 17 heteroatoms. The molecule has 4 heterocycles. The maximum atomic E-state index is 13.3. The Morgan fingerprint density at radius 2 is 1.95 bits per heavy atom. The van der Waals surface area contributed by atoms with Gasteiger partial charge in [0, 0.05) is 23.5 Å². The summed E-state index contributed by atoms with van der Waals surface area (Å²) in [5.41, 5.74) is 6.64. The van der Waals surface area contributed by atoms with Crippen LogP contribution in [0.3, 0.4) is 0 Å². The van der Waals surface area contributed by atoms with Crippen LogP contribution < -0.4 is 11.1 Å². The van der Waals surface area contributed by atoms with Gasteiger partial charge in [-0.3, -0.25) is 24.3 Å². The smallest absolute Gasteiger partial charge is 0.355 e. The van der Waals surface area contributed by atoms with Crippen LogP contribution in [0.2, 0.25) is 0 Å². The summed E-state index contributed by atoms with van der Waals surface area (Å²) in [6, 6.07) is 2.61. The lowest BCUT2D eigenvalue weighted by Crippen LogP contribution is -2.71. The Morgan fingerprint density at radius 3 is 2.57 bits per heavy atom. The van der Waals surface area contributed by atoms with E-state index < -0.39 is 34.9 Å². The van der Waals surface area contributed by atoms with Crippen LogP contribution in [-0.4, -0.2) is 79.9 Å². The summed E-state index contributed by atoms with van der Waals surface area (Å²) < 4.78 is 10.7. The number of esters is 2. The van der Waals surface area contributed by atoms with Crippen molar-refractivity contribution >= 4 is 88.6 Å². The van der Waals surface area contributed by atoms with Crippen molar-refractivity contribution in [1.29, 1.82) is 0 Å². The predicted molar refractivity (Wildman–Crippen MR) is 171 cm³/mol. The van der Waals surface area contributed by atoms with Gasteiger partial charge in [0.1, 0.15) is 36.0 Å². The Kier molecular flexibility index (Phi) is 14.1. The molecule has 13 nitrogen and oxygen atoms in total. The van der Waals surface area contributed by atoms with Gasteiger partial charge in [0.05, 0.1) is 5.92 Å². The molecule has 44 heavy (non-hydrogen) atoms. The molecule has 0 aliphatic carbocycles. The molecule has 4 rings (SSSR count). The number of nitrogens with one attached hydrogen (secondary N) is 1. The van der Waals surface area contributed by atoms with Crippen LogP contribution in [0.15, 0.2) is 52.4 Å². The monoisotopic (exact) mass is 686 g/mol. The van der Waals surface area contributed by atoms with Gasteiger partial charge in [0.25, 0.3) is 11.8 Å². The van der Waals surface area contributed by atoms with E-state index in [4.69, 9.17) is 15.2 Å². The molecule has 238 valence electrons. The zero-order valence-corrected chi connectivity index (χ0v) is 27.0. The molecule has 1 saturated heterocycles. The molecular weight excluding hydrogens is 655 g/mol. The van der Waals surface area contributed by atoms with Gasteiger partial charge < -0.3 is 25.7 Å². The molecule has 2 amide bonds. The van der Waals surface area contributed by atoms with Crippen LogP contribution in [0, 0.1) is 5.92 Å². The van der Waals surface area contributed by atoms with E-state index in [1.165, 1.54) is 22.0 Å². The number of ether oxygens (including phenoxy) is 2. The Labute approximate surface area is 274 Å². The number of thioether (sulfide) groups is 1. The maximum Gasteiger partial charge on any atom is 0.355 e. The number of thiazole rings is 1. The number of halogens is 2. The van der Waals surface area contributed by atoms with Crippen molar-refractivity contribution < 1.29 is 33.9 Å². The number of carbonyl (C=O) groups excluding carboxylic acids is 4. The molecule has 2 aromatic heterocycles. The number of hydrogen-bond donors (Lipinski definition) is 3. The van der Waals surface area contributed by atoms with Crippen LogP contribution in [0.4, 0.5) is 5.13 Å². The van der Waals surface area contributed by atoms with Crippen LogP contribution >= 0.6 is 47.9 Å². The van der Waals surface area contributed by atoms with E-state index in [2.05, 4.69) is 20.4 Å². The molecule has 0 radical (unpaired) electrons.